The number of halogens is 1. The highest BCUT2D eigenvalue weighted by atomic mass is 79.9. The van der Waals surface area contributed by atoms with Gasteiger partial charge in [0.25, 0.3) is 5.91 Å². The molecule has 0 radical (unpaired) electrons. The first-order chi connectivity index (χ1) is 14.2. The fourth-order valence-corrected chi connectivity index (χ4v) is 3.21. The molecule has 0 unspecified atom stereocenters. The molecule has 0 atom stereocenters. The van der Waals surface area contributed by atoms with Crippen LogP contribution >= 0.6 is 15.9 Å². The Labute approximate surface area is 177 Å². The van der Waals surface area contributed by atoms with E-state index in [9.17, 15) is 4.79 Å². The van der Waals surface area contributed by atoms with E-state index >= 15 is 0 Å². The van der Waals surface area contributed by atoms with Gasteiger partial charge in [0, 0.05) is 33.2 Å². The molecule has 0 aliphatic rings. The summed E-state index contributed by atoms with van der Waals surface area (Å²) in [6.07, 6.45) is 1.71. The predicted octanol–water partition coefficient (Wildman–Crippen LogP) is 5.90. The van der Waals surface area contributed by atoms with Crippen LogP contribution in [0.2, 0.25) is 0 Å². The van der Waals surface area contributed by atoms with Crippen molar-refractivity contribution in [2.24, 2.45) is 0 Å². The molecule has 0 saturated carbocycles. The van der Waals surface area contributed by atoms with Crippen LogP contribution in [-0.2, 0) is 0 Å². The number of benzene rings is 3. The third-order valence-corrected chi connectivity index (χ3v) is 4.66. The molecule has 0 aliphatic heterocycles. The maximum absolute atomic E-state index is 12.6. The molecule has 0 bridgehead atoms. The lowest BCUT2D eigenvalue weighted by atomic mass is 10.1. The van der Waals surface area contributed by atoms with E-state index in [1.165, 1.54) is 0 Å². The van der Waals surface area contributed by atoms with E-state index in [4.69, 9.17) is 0 Å². The highest BCUT2D eigenvalue weighted by Gasteiger charge is 2.08. The van der Waals surface area contributed by atoms with Gasteiger partial charge in [-0.05, 0) is 42.5 Å². The van der Waals surface area contributed by atoms with Crippen LogP contribution in [0.5, 0.6) is 0 Å². The Balaban J connectivity index is 1.51. The zero-order chi connectivity index (χ0) is 20.1. The summed E-state index contributed by atoms with van der Waals surface area (Å²) >= 11 is 3.41. The molecule has 0 spiro atoms. The standard InChI is InChI=1S/C23H17BrN4O/c24-18-9-5-11-20(15-18)27-23(29)17-8-4-10-19(14-17)26-21-12-13-25-22(28-21)16-6-2-1-3-7-16/h1-15H,(H,27,29)(H,25,26,28). The molecule has 3 aromatic carbocycles. The Kier molecular flexibility index (Phi) is 5.63. The lowest BCUT2D eigenvalue weighted by Gasteiger charge is -2.10. The summed E-state index contributed by atoms with van der Waals surface area (Å²) in [6, 6.07) is 26.3. The van der Waals surface area contributed by atoms with Crippen molar-refractivity contribution in [3.8, 4) is 11.4 Å². The molecule has 1 heterocycles. The molecule has 4 aromatic rings. The second-order valence-corrected chi connectivity index (χ2v) is 7.22. The largest absolute Gasteiger partial charge is 0.340 e. The average molecular weight is 445 g/mol. The Hall–Kier alpha value is -3.51. The number of anilines is 3. The molecule has 0 fully saturated rings. The fraction of sp³-hybridized carbons (Fsp3) is 0. The van der Waals surface area contributed by atoms with Crippen molar-refractivity contribution >= 4 is 39.0 Å². The van der Waals surface area contributed by atoms with Crippen molar-refractivity contribution in [2.75, 3.05) is 10.6 Å². The summed E-state index contributed by atoms with van der Waals surface area (Å²) in [6.45, 7) is 0. The Morgan fingerprint density at radius 1 is 0.828 bits per heavy atom. The molecule has 5 nitrogen and oxygen atoms in total. The van der Waals surface area contributed by atoms with Crippen molar-refractivity contribution in [3.63, 3.8) is 0 Å². The predicted molar refractivity (Wildman–Crippen MR) is 119 cm³/mol. The van der Waals surface area contributed by atoms with Crippen molar-refractivity contribution in [1.29, 1.82) is 0 Å². The van der Waals surface area contributed by atoms with Crippen molar-refractivity contribution in [2.45, 2.75) is 0 Å². The number of amides is 1. The van der Waals surface area contributed by atoms with E-state index in [1.54, 1.807) is 24.4 Å². The molecular weight excluding hydrogens is 428 g/mol. The number of rotatable bonds is 5. The molecule has 0 aliphatic carbocycles. The number of nitrogens with zero attached hydrogens (tertiary/aromatic N) is 2. The van der Waals surface area contributed by atoms with Gasteiger partial charge >= 0.3 is 0 Å². The Morgan fingerprint density at radius 2 is 1.62 bits per heavy atom. The topological polar surface area (TPSA) is 66.9 Å². The van der Waals surface area contributed by atoms with Crippen LogP contribution in [0.4, 0.5) is 17.2 Å². The molecule has 1 aromatic heterocycles. The Morgan fingerprint density at radius 3 is 2.45 bits per heavy atom. The zero-order valence-electron chi connectivity index (χ0n) is 15.3. The van der Waals surface area contributed by atoms with Crippen molar-refractivity contribution < 1.29 is 4.79 Å². The van der Waals surface area contributed by atoms with E-state index in [1.807, 2.05) is 66.7 Å². The van der Waals surface area contributed by atoms with Gasteiger partial charge in [0.05, 0.1) is 0 Å². The van der Waals surface area contributed by atoms with Crippen LogP contribution in [0, 0.1) is 0 Å². The second kappa shape index (κ2) is 8.67. The molecule has 29 heavy (non-hydrogen) atoms. The molecule has 1 amide bonds. The van der Waals surface area contributed by atoms with Gasteiger partial charge in [-0.3, -0.25) is 4.79 Å². The first kappa shape index (κ1) is 18.8. The number of carbonyl (C=O) groups excluding carboxylic acids is 1. The van der Waals surface area contributed by atoms with Gasteiger partial charge in [-0.2, -0.15) is 0 Å². The lowest BCUT2D eigenvalue weighted by Crippen LogP contribution is -2.12. The number of nitrogens with one attached hydrogen (secondary N) is 2. The summed E-state index contributed by atoms with van der Waals surface area (Å²) in [4.78, 5) is 21.5. The molecule has 4 rings (SSSR count). The first-order valence-corrected chi connectivity index (χ1v) is 9.79. The summed E-state index contributed by atoms with van der Waals surface area (Å²) in [5.41, 5.74) is 2.99. The maximum atomic E-state index is 12.6. The van der Waals surface area contributed by atoms with E-state index in [0.717, 1.165) is 21.4 Å². The summed E-state index contributed by atoms with van der Waals surface area (Å²) in [7, 11) is 0. The summed E-state index contributed by atoms with van der Waals surface area (Å²) in [5, 5.41) is 6.14. The van der Waals surface area contributed by atoms with E-state index in [0.29, 0.717) is 17.2 Å². The van der Waals surface area contributed by atoms with Crippen LogP contribution in [-0.4, -0.2) is 15.9 Å². The maximum Gasteiger partial charge on any atom is 0.255 e. The number of aromatic nitrogens is 2. The average Bonchev–Trinajstić information content (AvgIpc) is 2.75. The van der Waals surface area contributed by atoms with Crippen molar-refractivity contribution in [1.82, 2.24) is 9.97 Å². The minimum Gasteiger partial charge on any atom is -0.340 e. The van der Waals surface area contributed by atoms with E-state index in [2.05, 4.69) is 36.5 Å². The number of hydrogen-bond acceptors (Lipinski definition) is 4. The third-order valence-electron chi connectivity index (χ3n) is 4.17. The number of hydrogen-bond donors (Lipinski definition) is 2. The van der Waals surface area contributed by atoms with Gasteiger partial charge in [0.2, 0.25) is 0 Å². The first-order valence-electron chi connectivity index (χ1n) is 9.00. The SMILES string of the molecule is O=C(Nc1cccc(Br)c1)c1cccc(Nc2ccnc(-c3ccccc3)n2)c1. The fourth-order valence-electron chi connectivity index (χ4n) is 2.81. The van der Waals surface area contributed by atoms with Crippen molar-refractivity contribution in [3.05, 3.63) is 101 Å². The van der Waals surface area contributed by atoms with Gasteiger partial charge in [0.1, 0.15) is 5.82 Å². The van der Waals surface area contributed by atoms with E-state index in [-0.39, 0.29) is 5.91 Å². The highest BCUT2D eigenvalue weighted by molar-refractivity contribution is 9.10. The van der Waals surface area contributed by atoms with Gasteiger partial charge < -0.3 is 10.6 Å². The smallest absolute Gasteiger partial charge is 0.255 e. The van der Waals surface area contributed by atoms with Gasteiger partial charge in [0.15, 0.2) is 5.82 Å². The summed E-state index contributed by atoms with van der Waals surface area (Å²) < 4.78 is 0.906. The van der Waals surface area contributed by atoms with Crippen LogP contribution in [0.15, 0.2) is 95.6 Å². The number of carbonyl (C=O) groups is 1. The molecule has 0 saturated heterocycles. The van der Waals surface area contributed by atoms with Gasteiger partial charge in [-0.15, -0.1) is 0 Å². The summed E-state index contributed by atoms with van der Waals surface area (Å²) in [5.74, 6) is 1.11. The highest BCUT2D eigenvalue weighted by Crippen LogP contribution is 2.21. The minimum atomic E-state index is -0.181. The minimum absolute atomic E-state index is 0.181. The van der Waals surface area contributed by atoms with Crippen LogP contribution in [0.25, 0.3) is 11.4 Å². The molecule has 6 heteroatoms. The zero-order valence-corrected chi connectivity index (χ0v) is 16.9. The molecular formula is C23H17BrN4O. The monoisotopic (exact) mass is 444 g/mol. The van der Waals surface area contributed by atoms with Crippen LogP contribution < -0.4 is 10.6 Å². The Bertz CT molecular complexity index is 1150. The van der Waals surface area contributed by atoms with Gasteiger partial charge in [-0.1, -0.05) is 58.4 Å². The third kappa shape index (κ3) is 4.86. The quantitative estimate of drug-likeness (QED) is 0.401. The van der Waals surface area contributed by atoms with Gasteiger partial charge in [-0.25, -0.2) is 9.97 Å². The van der Waals surface area contributed by atoms with Crippen LogP contribution in [0.3, 0.4) is 0 Å². The lowest BCUT2D eigenvalue weighted by molar-refractivity contribution is 0.102. The second-order valence-electron chi connectivity index (χ2n) is 6.30. The van der Waals surface area contributed by atoms with Crippen LogP contribution in [0.1, 0.15) is 10.4 Å². The molecule has 2 N–H and O–H groups in total. The molecule has 142 valence electrons. The normalized spacial score (nSPS) is 10.4. The van der Waals surface area contributed by atoms with E-state index < -0.39 is 0 Å².